The minimum Gasteiger partial charge on any atom is -0.355 e. The zero-order valence-electron chi connectivity index (χ0n) is 23.5. The summed E-state index contributed by atoms with van der Waals surface area (Å²) in [6.45, 7) is 6.86. The Bertz CT molecular complexity index is 1970. The molecular weight excluding hydrogens is 498 g/mol. The summed E-state index contributed by atoms with van der Waals surface area (Å²) in [6, 6.07) is 44.1. The molecule has 0 atom stereocenters. The number of anilines is 7. The Morgan fingerprint density at radius 3 is 1.56 bits per heavy atom. The molecule has 7 aromatic rings. The molecule has 8 rings (SSSR count). The molecule has 0 unspecified atom stereocenters. The Labute approximate surface area is 240 Å². The molecule has 7 aromatic carbocycles. The van der Waals surface area contributed by atoms with E-state index in [9.17, 15) is 0 Å². The van der Waals surface area contributed by atoms with E-state index in [1.54, 1.807) is 0 Å². The minimum atomic E-state index is 0.0846. The van der Waals surface area contributed by atoms with Gasteiger partial charge in [-0.25, -0.2) is 0 Å². The average molecular weight is 530 g/mol. The maximum Gasteiger partial charge on any atom is 0.0485 e. The van der Waals surface area contributed by atoms with Crippen LogP contribution < -0.4 is 15.5 Å². The summed E-state index contributed by atoms with van der Waals surface area (Å²) in [4.78, 5) is 2.31. The van der Waals surface area contributed by atoms with Gasteiger partial charge in [-0.2, -0.15) is 0 Å². The molecule has 3 heteroatoms. The van der Waals surface area contributed by atoms with Crippen molar-refractivity contribution in [3.05, 3.63) is 127 Å². The van der Waals surface area contributed by atoms with Gasteiger partial charge in [0.05, 0.1) is 0 Å². The lowest BCUT2D eigenvalue weighted by Gasteiger charge is -2.27. The molecule has 198 valence electrons. The van der Waals surface area contributed by atoms with Crippen LogP contribution in [0.4, 0.5) is 39.8 Å². The first-order chi connectivity index (χ1) is 19.9. The summed E-state index contributed by atoms with van der Waals surface area (Å²) in [6.07, 6.45) is 0. The van der Waals surface area contributed by atoms with Crippen molar-refractivity contribution in [1.29, 1.82) is 0 Å². The van der Waals surface area contributed by atoms with Crippen molar-refractivity contribution in [2.45, 2.75) is 26.2 Å². The van der Waals surface area contributed by atoms with Crippen LogP contribution in [0.3, 0.4) is 0 Å². The quantitative estimate of drug-likeness (QED) is 0.207. The zero-order valence-corrected chi connectivity index (χ0v) is 23.5. The lowest BCUT2D eigenvalue weighted by molar-refractivity contribution is 0.591. The maximum absolute atomic E-state index is 3.81. The highest BCUT2D eigenvalue weighted by Crippen LogP contribution is 2.45. The second kappa shape index (κ2) is 8.74. The fourth-order valence-corrected chi connectivity index (χ4v) is 6.34. The summed E-state index contributed by atoms with van der Waals surface area (Å²) >= 11 is 0. The van der Waals surface area contributed by atoms with E-state index in [2.05, 4.69) is 158 Å². The number of para-hydroxylation sites is 1. The Hall–Kier alpha value is -5.02. The van der Waals surface area contributed by atoms with Gasteiger partial charge in [-0.15, -0.1) is 0 Å². The molecule has 0 radical (unpaired) electrons. The predicted molar refractivity (Wildman–Crippen MR) is 177 cm³/mol. The van der Waals surface area contributed by atoms with Crippen LogP contribution in [0.15, 0.2) is 121 Å². The Kier molecular flexibility index (Phi) is 5.08. The van der Waals surface area contributed by atoms with E-state index in [1.807, 2.05) is 0 Å². The minimum absolute atomic E-state index is 0.0846. The van der Waals surface area contributed by atoms with Gasteiger partial charge in [-0.3, -0.25) is 0 Å². The van der Waals surface area contributed by atoms with Gasteiger partial charge < -0.3 is 15.5 Å². The van der Waals surface area contributed by atoms with E-state index in [4.69, 9.17) is 0 Å². The smallest absolute Gasteiger partial charge is 0.0485 e. The van der Waals surface area contributed by atoms with Gasteiger partial charge in [0.1, 0.15) is 0 Å². The lowest BCUT2D eigenvalue weighted by Crippen LogP contribution is -2.11. The molecule has 0 spiro atoms. The number of benzene rings is 7. The first-order valence-electron chi connectivity index (χ1n) is 14.3. The molecule has 0 amide bonds. The monoisotopic (exact) mass is 529 g/mol. The second-order valence-electron chi connectivity index (χ2n) is 12.1. The third kappa shape index (κ3) is 3.88. The van der Waals surface area contributed by atoms with Crippen LogP contribution in [0.25, 0.3) is 32.3 Å². The standard InChI is InChI=1S/C38H31N3/c1-38(2,3)26-19-24-15-17-32-34-23-35(33-18-16-25(20-26)36(24)37(32)33)40-28-10-8-14-31(22-28)41(29-11-5-4-6-12-29)30-13-7-9-27(21-30)39-34/h4-23,39-40H,1-3H3. The molecule has 0 saturated heterocycles. The molecule has 0 aromatic heterocycles. The van der Waals surface area contributed by atoms with Crippen molar-refractivity contribution >= 4 is 72.1 Å². The lowest BCUT2D eigenvalue weighted by atomic mass is 9.83. The number of rotatable bonds is 1. The van der Waals surface area contributed by atoms with Crippen LogP contribution in [0, 0.1) is 0 Å². The molecule has 1 aliphatic heterocycles. The van der Waals surface area contributed by atoms with Crippen molar-refractivity contribution in [3.8, 4) is 0 Å². The van der Waals surface area contributed by atoms with Crippen molar-refractivity contribution in [2.75, 3.05) is 15.5 Å². The van der Waals surface area contributed by atoms with Crippen LogP contribution >= 0.6 is 0 Å². The third-order valence-corrected chi connectivity index (χ3v) is 8.36. The van der Waals surface area contributed by atoms with Crippen molar-refractivity contribution < 1.29 is 0 Å². The van der Waals surface area contributed by atoms with Crippen molar-refractivity contribution in [2.24, 2.45) is 0 Å². The van der Waals surface area contributed by atoms with E-state index in [-0.39, 0.29) is 5.41 Å². The van der Waals surface area contributed by atoms with E-state index < -0.39 is 0 Å². The summed E-state index contributed by atoms with van der Waals surface area (Å²) in [5.41, 5.74) is 9.06. The van der Waals surface area contributed by atoms with Crippen molar-refractivity contribution in [3.63, 3.8) is 0 Å². The molecule has 0 aliphatic carbocycles. The van der Waals surface area contributed by atoms with Crippen LogP contribution in [0.1, 0.15) is 26.3 Å². The fourth-order valence-electron chi connectivity index (χ4n) is 6.34. The van der Waals surface area contributed by atoms with Gasteiger partial charge in [-0.05, 0) is 81.7 Å². The van der Waals surface area contributed by atoms with Crippen LogP contribution in [0.2, 0.25) is 0 Å². The predicted octanol–water partition coefficient (Wildman–Crippen LogP) is 11.2. The summed E-state index contributed by atoms with van der Waals surface area (Å²) < 4.78 is 0. The van der Waals surface area contributed by atoms with E-state index in [0.29, 0.717) is 0 Å². The van der Waals surface area contributed by atoms with Gasteiger partial charge in [0.25, 0.3) is 0 Å². The highest BCUT2D eigenvalue weighted by Gasteiger charge is 2.21. The maximum atomic E-state index is 3.81. The second-order valence-corrected chi connectivity index (χ2v) is 12.1. The van der Waals surface area contributed by atoms with Gasteiger partial charge in [0.2, 0.25) is 0 Å². The molecule has 2 N–H and O–H groups in total. The summed E-state index contributed by atoms with van der Waals surface area (Å²) in [7, 11) is 0. The number of nitrogens with one attached hydrogen (secondary N) is 2. The van der Waals surface area contributed by atoms with Crippen molar-refractivity contribution in [1.82, 2.24) is 0 Å². The Balaban J connectivity index is 1.41. The molecule has 6 bridgehead atoms. The summed E-state index contributed by atoms with van der Waals surface area (Å²) in [5.74, 6) is 0. The van der Waals surface area contributed by atoms with Crippen LogP contribution in [-0.2, 0) is 5.41 Å². The molecule has 3 nitrogen and oxygen atoms in total. The third-order valence-electron chi connectivity index (χ3n) is 8.36. The first kappa shape index (κ1) is 23.8. The van der Waals surface area contributed by atoms with Gasteiger partial charge in [0.15, 0.2) is 0 Å². The number of nitrogens with zero attached hydrogens (tertiary/aromatic N) is 1. The van der Waals surface area contributed by atoms with Crippen LogP contribution in [0.5, 0.6) is 0 Å². The van der Waals surface area contributed by atoms with Gasteiger partial charge in [-0.1, -0.05) is 87.5 Å². The van der Waals surface area contributed by atoms with Crippen LogP contribution in [-0.4, -0.2) is 0 Å². The molecule has 0 saturated carbocycles. The highest BCUT2D eigenvalue weighted by molar-refractivity contribution is 6.28. The van der Waals surface area contributed by atoms with E-state index in [1.165, 1.54) is 37.9 Å². The zero-order chi connectivity index (χ0) is 27.7. The van der Waals surface area contributed by atoms with Gasteiger partial charge in [0, 0.05) is 56.0 Å². The van der Waals surface area contributed by atoms with E-state index in [0.717, 1.165) is 39.8 Å². The highest BCUT2D eigenvalue weighted by atomic mass is 15.1. The topological polar surface area (TPSA) is 27.3 Å². The number of hydrogen-bond acceptors (Lipinski definition) is 3. The summed E-state index contributed by atoms with van der Waals surface area (Å²) in [5, 5.41) is 15.3. The molecule has 0 fully saturated rings. The largest absolute Gasteiger partial charge is 0.355 e. The molecule has 41 heavy (non-hydrogen) atoms. The molecule has 1 aliphatic rings. The molecule has 1 heterocycles. The first-order valence-corrected chi connectivity index (χ1v) is 14.3. The fraction of sp³-hybridized carbons (Fsp3) is 0.105. The normalized spacial score (nSPS) is 13.1. The number of hydrogen-bond donors (Lipinski definition) is 2. The number of fused-ring (bicyclic) bond motifs is 8. The molecular formula is C38H31N3. The SMILES string of the molecule is CC(C)(C)c1cc2ccc3c4cc(c5ccc(c1)c2c35)Nc1cccc(c1)N(c1ccccc1)c1cccc(c1)N4. The average Bonchev–Trinajstić information content (AvgIpc) is 2.97. The Morgan fingerprint density at radius 2 is 1.02 bits per heavy atom. The Morgan fingerprint density at radius 1 is 0.488 bits per heavy atom. The van der Waals surface area contributed by atoms with E-state index >= 15 is 0 Å². The van der Waals surface area contributed by atoms with Gasteiger partial charge >= 0.3 is 0 Å².